The van der Waals surface area contributed by atoms with Crippen LogP contribution in [0.25, 0.3) is 43.4 Å². The number of anilines is 4. The second kappa shape index (κ2) is 15.6. The van der Waals surface area contributed by atoms with E-state index in [2.05, 4.69) is 229 Å². The van der Waals surface area contributed by atoms with Gasteiger partial charge in [0.1, 0.15) is 0 Å². The molecule has 0 amide bonds. The Morgan fingerprint density at radius 1 is 0.550 bits per heavy atom. The van der Waals surface area contributed by atoms with Gasteiger partial charge in [-0.15, -0.1) is 0 Å². The Balaban J connectivity index is 1.25. The minimum atomic E-state index is -0.0224. The number of fused-ring (bicyclic) bond motifs is 4. The quantitative estimate of drug-likeness (QED) is 0.127. The van der Waals surface area contributed by atoms with E-state index in [1.54, 1.807) is 0 Å². The second-order valence-corrected chi connectivity index (χ2v) is 18.6. The van der Waals surface area contributed by atoms with Crippen LogP contribution in [0.3, 0.4) is 0 Å². The van der Waals surface area contributed by atoms with E-state index in [1.165, 1.54) is 71.5 Å². The summed E-state index contributed by atoms with van der Waals surface area (Å²) < 4.78 is 0. The van der Waals surface area contributed by atoms with Gasteiger partial charge in [-0.2, -0.15) is 0 Å². The van der Waals surface area contributed by atoms with Gasteiger partial charge >= 0.3 is 0 Å². The number of hydrogen-bond donors (Lipinski definition) is 0. The van der Waals surface area contributed by atoms with Crippen molar-refractivity contribution in [3.05, 3.63) is 180 Å². The van der Waals surface area contributed by atoms with Crippen molar-refractivity contribution in [1.82, 2.24) is 0 Å². The first-order valence-corrected chi connectivity index (χ1v) is 22.4. The van der Waals surface area contributed by atoms with Crippen molar-refractivity contribution in [3.8, 4) is 11.1 Å². The summed E-state index contributed by atoms with van der Waals surface area (Å²) in [4.78, 5) is 5.37. The first-order valence-electron chi connectivity index (χ1n) is 22.4. The van der Waals surface area contributed by atoms with Crippen LogP contribution >= 0.6 is 0 Å². The lowest BCUT2D eigenvalue weighted by Gasteiger charge is -2.44. The smallest absolute Gasteiger partial charge is 0.0605 e. The number of hydrogen-bond acceptors (Lipinski definition) is 2. The molecule has 8 aromatic carbocycles. The summed E-state index contributed by atoms with van der Waals surface area (Å²) in [7, 11) is 0. The molecule has 9 rings (SSSR count). The molecular formula is C58H60N2. The van der Waals surface area contributed by atoms with Gasteiger partial charge in [0.2, 0.25) is 0 Å². The van der Waals surface area contributed by atoms with Crippen LogP contribution in [0.2, 0.25) is 0 Å². The molecule has 8 aromatic rings. The zero-order valence-corrected chi connectivity index (χ0v) is 36.8. The molecule has 0 spiro atoms. The van der Waals surface area contributed by atoms with Gasteiger partial charge in [0.05, 0.1) is 11.7 Å². The van der Waals surface area contributed by atoms with E-state index < -0.39 is 0 Å². The van der Waals surface area contributed by atoms with Crippen molar-refractivity contribution in [1.29, 1.82) is 0 Å². The Morgan fingerprint density at radius 3 is 1.80 bits per heavy atom. The Bertz CT molecular complexity index is 2780. The van der Waals surface area contributed by atoms with E-state index >= 15 is 0 Å². The normalized spacial score (nSPS) is 16.1. The predicted molar refractivity (Wildman–Crippen MR) is 261 cm³/mol. The van der Waals surface area contributed by atoms with Gasteiger partial charge in [-0.1, -0.05) is 169 Å². The second-order valence-electron chi connectivity index (χ2n) is 18.6. The van der Waals surface area contributed by atoms with Crippen molar-refractivity contribution in [2.45, 2.75) is 98.1 Å². The highest BCUT2D eigenvalue weighted by molar-refractivity contribution is 6.15. The minimum absolute atomic E-state index is 0.0224. The predicted octanol–water partition coefficient (Wildman–Crippen LogP) is 17.1. The van der Waals surface area contributed by atoms with Crippen molar-refractivity contribution in [2.24, 2.45) is 5.41 Å². The molecule has 1 heterocycles. The third kappa shape index (κ3) is 6.66. The van der Waals surface area contributed by atoms with Crippen LogP contribution in [0.4, 0.5) is 22.7 Å². The van der Waals surface area contributed by atoms with Gasteiger partial charge in [-0.3, -0.25) is 0 Å². The summed E-state index contributed by atoms with van der Waals surface area (Å²) in [6, 6.07) is 61.7. The summed E-state index contributed by atoms with van der Waals surface area (Å²) in [5.41, 5.74) is 11.9. The Hall–Kier alpha value is -5.86. The highest BCUT2D eigenvalue weighted by Crippen LogP contribution is 2.61. The van der Waals surface area contributed by atoms with Crippen LogP contribution in [-0.4, -0.2) is 5.54 Å². The Morgan fingerprint density at radius 2 is 1.13 bits per heavy atom. The summed E-state index contributed by atoms with van der Waals surface area (Å²) in [5.74, 6) is 0.848. The Labute approximate surface area is 358 Å². The number of benzene rings is 8. The van der Waals surface area contributed by atoms with Crippen LogP contribution in [0.5, 0.6) is 0 Å². The highest BCUT2D eigenvalue weighted by atomic mass is 15.3. The van der Waals surface area contributed by atoms with Crippen LogP contribution in [0.1, 0.15) is 109 Å². The topological polar surface area (TPSA) is 6.48 Å². The summed E-state index contributed by atoms with van der Waals surface area (Å²) in [6.45, 7) is 19.3. The summed E-state index contributed by atoms with van der Waals surface area (Å²) >= 11 is 0. The van der Waals surface area contributed by atoms with Crippen LogP contribution in [0.15, 0.2) is 164 Å². The maximum atomic E-state index is 2.88. The monoisotopic (exact) mass is 784 g/mol. The van der Waals surface area contributed by atoms with Gasteiger partial charge in [0.15, 0.2) is 0 Å². The van der Waals surface area contributed by atoms with Crippen molar-refractivity contribution < 1.29 is 0 Å². The van der Waals surface area contributed by atoms with Crippen LogP contribution < -0.4 is 9.80 Å². The zero-order chi connectivity index (χ0) is 41.8. The van der Waals surface area contributed by atoms with Gasteiger partial charge < -0.3 is 9.80 Å². The van der Waals surface area contributed by atoms with Gasteiger partial charge in [0, 0.05) is 28.0 Å². The lowest BCUT2D eigenvalue weighted by atomic mass is 9.71. The fourth-order valence-electron chi connectivity index (χ4n) is 11.0. The maximum absolute atomic E-state index is 2.88. The van der Waals surface area contributed by atoms with E-state index in [0.29, 0.717) is 11.8 Å². The first-order chi connectivity index (χ1) is 29.0. The molecule has 0 radical (unpaired) electrons. The largest absolute Gasteiger partial charge is 0.358 e. The third-order valence-electron chi connectivity index (χ3n) is 13.9. The molecule has 1 atom stereocenters. The molecule has 2 nitrogen and oxygen atoms in total. The van der Waals surface area contributed by atoms with Gasteiger partial charge in [-0.25, -0.2) is 0 Å². The molecule has 0 bridgehead atoms. The van der Waals surface area contributed by atoms with E-state index in [9.17, 15) is 0 Å². The number of rotatable bonds is 10. The van der Waals surface area contributed by atoms with E-state index in [0.717, 1.165) is 30.6 Å². The van der Waals surface area contributed by atoms with E-state index in [4.69, 9.17) is 0 Å². The lowest BCUT2D eigenvalue weighted by Crippen LogP contribution is -2.41. The number of para-hydroxylation sites is 1. The zero-order valence-electron chi connectivity index (χ0n) is 36.8. The summed E-state index contributed by atoms with van der Waals surface area (Å²) in [5, 5.41) is 7.51. The standard InChI is InChI=1S/C58H60N2/c1-9-58(10-2)38-57(7,8)60(55-47(39(3)4)27-19-28-48(55)40(5)6)56(58)43-30-32-45(33-31-43)59(54-29-18-24-41-22-14-17-26-50(41)54)46-34-35-51-52(42-20-12-11-13-21-42)36-44-23-15-16-25-49(44)53(51)37-46/h11-37,39-40,56H,9-10,38H2,1-8H3. The molecule has 1 unspecified atom stereocenters. The molecular weight excluding hydrogens is 725 g/mol. The van der Waals surface area contributed by atoms with Crippen molar-refractivity contribution >= 4 is 55.1 Å². The fraction of sp³-hybridized carbons (Fsp3) is 0.276. The molecule has 302 valence electrons. The van der Waals surface area contributed by atoms with Crippen molar-refractivity contribution in [3.63, 3.8) is 0 Å². The molecule has 0 saturated carbocycles. The summed E-state index contributed by atoms with van der Waals surface area (Å²) in [6.07, 6.45) is 3.42. The fourth-order valence-corrected chi connectivity index (χ4v) is 11.0. The van der Waals surface area contributed by atoms with Gasteiger partial charge in [0.25, 0.3) is 0 Å². The average molecular weight is 785 g/mol. The van der Waals surface area contributed by atoms with E-state index in [-0.39, 0.29) is 17.0 Å². The SMILES string of the molecule is CCC1(CC)CC(C)(C)N(c2c(C(C)C)cccc2C(C)C)C1c1ccc(N(c2ccc3c(-c4ccccc4)cc4ccccc4c3c2)c2cccc3ccccc23)cc1. The molecule has 1 saturated heterocycles. The highest BCUT2D eigenvalue weighted by Gasteiger charge is 2.55. The molecule has 0 N–H and O–H groups in total. The van der Waals surface area contributed by atoms with Gasteiger partial charge in [-0.05, 0) is 142 Å². The molecule has 2 heteroatoms. The molecule has 1 fully saturated rings. The minimum Gasteiger partial charge on any atom is -0.358 e. The van der Waals surface area contributed by atoms with E-state index in [1.807, 2.05) is 0 Å². The number of nitrogens with zero attached hydrogens (tertiary/aromatic N) is 2. The van der Waals surface area contributed by atoms with Crippen LogP contribution in [0, 0.1) is 5.41 Å². The molecule has 1 aliphatic rings. The lowest BCUT2D eigenvalue weighted by molar-refractivity contribution is 0.227. The first kappa shape index (κ1) is 39.6. The maximum Gasteiger partial charge on any atom is 0.0605 e. The van der Waals surface area contributed by atoms with Crippen molar-refractivity contribution in [2.75, 3.05) is 9.80 Å². The molecule has 0 aliphatic carbocycles. The molecule has 60 heavy (non-hydrogen) atoms. The third-order valence-corrected chi connectivity index (χ3v) is 13.9. The molecule has 0 aromatic heterocycles. The molecule has 1 aliphatic heterocycles. The average Bonchev–Trinajstić information content (AvgIpc) is 3.52. The van der Waals surface area contributed by atoms with Crippen LogP contribution in [-0.2, 0) is 0 Å². The Kier molecular flexibility index (Phi) is 10.3.